The zero-order valence-electron chi connectivity index (χ0n) is 14.0. The van der Waals surface area contributed by atoms with Crippen LogP contribution in [0.3, 0.4) is 0 Å². The molecule has 7 heteroatoms. The molecule has 0 saturated heterocycles. The largest absolute Gasteiger partial charge is 0.484 e. The summed E-state index contributed by atoms with van der Waals surface area (Å²) in [5.41, 5.74) is 7.04. The lowest BCUT2D eigenvalue weighted by Gasteiger charge is -2.14. The number of nitrogens with one attached hydrogen (secondary N) is 1. The van der Waals surface area contributed by atoms with Crippen LogP contribution in [0.2, 0.25) is 0 Å². The molecule has 0 bridgehead atoms. The fourth-order valence-electron chi connectivity index (χ4n) is 1.83. The maximum Gasteiger partial charge on any atom is 0.258 e. The van der Waals surface area contributed by atoms with Gasteiger partial charge in [-0.3, -0.25) is 9.59 Å². The van der Waals surface area contributed by atoms with E-state index in [1.54, 1.807) is 23.5 Å². The summed E-state index contributed by atoms with van der Waals surface area (Å²) < 4.78 is 5.37. The van der Waals surface area contributed by atoms with E-state index in [9.17, 15) is 9.59 Å². The van der Waals surface area contributed by atoms with E-state index < -0.39 is 11.8 Å². The quantitative estimate of drug-likeness (QED) is 0.836. The van der Waals surface area contributed by atoms with Crippen molar-refractivity contribution in [2.75, 3.05) is 13.2 Å². The lowest BCUT2D eigenvalue weighted by molar-refractivity contribution is -0.126. The fourth-order valence-corrected chi connectivity index (χ4v) is 2.88. The molecule has 2 amide bonds. The number of amides is 2. The Balaban J connectivity index is 1.94. The minimum absolute atomic E-state index is 0.0239. The third-order valence-corrected chi connectivity index (χ3v) is 4.09. The highest BCUT2D eigenvalue weighted by atomic mass is 32.1. The number of rotatable bonds is 6. The monoisotopic (exact) mass is 347 g/mol. The third-order valence-electron chi connectivity index (χ3n) is 3.20. The lowest BCUT2D eigenvalue weighted by Crippen LogP contribution is -2.36. The molecule has 6 nitrogen and oxygen atoms in total. The summed E-state index contributed by atoms with van der Waals surface area (Å²) in [5, 5.41) is 5.38. The van der Waals surface area contributed by atoms with Crippen molar-refractivity contribution >= 4 is 23.2 Å². The number of nitrogens with zero attached hydrogens (tertiary/aromatic N) is 1. The van der Waals surface area contributed by atoms with Crippen LogP contribution in [0, 0.1) is 0 Å². The third kappa shape index (κ3) is 5.06. The van der Waals surface area contributed by atoms with Crippen molar-refractivity contribution in [2.24, 2.45) is 5.73 Å². The van der Waals surface area contributed by atoms with Gasteiger partial charge >= 0.3 is 0 Å². The molecular weight excluding hydrogens is 326 g/mol. The van der Waals surface area contributed by atoms with Crippen LogP contribution in [0.1, 0.15) is 26.5 Å². The molecule has 0 spiro atoms. The molecule has 1 aromatic carbocycles. The van der Waals surface area contributed by atoms with E-state index in [4.69, 9.17) is 10.5 Å². The molecular formula is C17H21N3O3S. The number of benzene rings is 1. The van der Waals surface area contributed by atoms with Gasteiger partial charge in [-0.05, 0) is 24.3 Å². The maximum absolute atomic E-state index is 11.5. The predicted octanol–water partition coefficient (Wildman–Crippen LogP) is 2.09. The van der Waals surface area contributed by atoms with Crippen LogP contribution in [0.5, 0.6) is 5.75 Å². The van der Waals surface area contributed by atoms with Gasteiger partial charge in [-0.15, -0.1) is 11.3 Å². The Kier molecular flexibility index (Phi) is 5.56. The molecule has 2 rings (SSSR count). The molecule has 2 aromatic rings. The van der Waals surface area contributed by atoms with Gasteiger partial charge in [0.15, 0.2) is 6.61 Å². The summed E-state index contributed by atoms with van der Waals surface area (Å²) in [7, 11) is 0. The summed E-state index contributed by atoms with van der Waals surface area (Å²) in [6.07, 6.45) is 0. The van der Waals surface area contributed by atoms with Crippen molar-refractivity contribution in [1.82, 2.24) is 10.3 Å². The Hall–Kier alpha value is -2.41. The molecule has 128 valence electrons. The van der Waals surface area contributed by atoms with Gasteiger partial charge < -0.3 is 15.8 Å². The molecule has 1 heterocycles. The highest BCUT2D eigenvalue weighted by Crippen LogP contribution is 2.30. The number of hydrogen-bond acceptors (Lipinski definition) is 5. The van der Waals surface area contributed by atoms with Gasteiger partial charge in [-0.25, -0.2) is 4.98 Å². The van der Waals surface area contributed by atoms with E-state index in [0.29, 0.717) is 5.75 Å². The molecule has 0 atom stereocenters. The Morgan fingerprint density at radius 2 is 1.92 bits per heavy atom. The Labute approximate surface area is 145 Å². The van der Waals surface area contributed by atoms with E-state index in [1.807, 2.05) is 12.1 Å². The first-order valence-electron chi connectivity index (χ1n) is 7.50. The number of thiazole rings is 1. The SMILES string of the molecule is CC(C)(C)c1csc(-c2ccc(OCC(=O)NCC(N)=O)cc2)n1. The molecule has 24 heavy (non-hydrogen) atoms. The summed E-state index contributed by atoms with van der Waals surface area (Å²) in [6.45, 7) is 6.03. The highest BCUT2D eigenvalue weighted by Gasteiger charge is 2.17. The number of carbonyl (C=O) groups is 2. The van der Waals surface area contributed by atoms with Crippen LogP contribution in [0.15, 0.2) is 29.6 Å². The molecule has 0 aliphatic rings. The molecule has 0 radical (unpaired) electrons. The Morgan fingerprint density at radius 1 is 1.25 bits per heavy atom. The second kappa shape index (κ2) is 7.44. The van der Waals surface area contributed by atoms with Crippen LogP contribution in [0.25, 0.3) is 10.6 Å². The normalized spacial score (nSPS) is 11.1. The van der Waals surface area contributed by atoms with Crippen molar-refractivity contribution in [1.29, 1.82) is 0 Å². The number of aromatic nitrogens is 1. The van der Waals surface area contributed by atoms with E-state index in [-0.39, 0.29) is 18.6 Å². The number of nitrogens with two attached hydrogens (primary N) is 1. The van der Waals surface area contributed by atoms with Gasteiger partial charge in [0.25, 0.3) is 5.91 Å². The molecule has 0 saturated carbocycles. The fraction of sp³-hybridized carbons (Fsp3) is 0.353. The van der Waals surface area contributed by atoms with Gasteiger partial charge in [0.2, 0.25) is 5.91 Å². The topological polar surface area (TPSA) is 94.3 Å². The van der Waals surface area contributed by atoms with E-state index >= 15 is 0 Å². The van der Waals surface area contributed by atoms with Crippen LogP contribution >= 0.6 is 11.3 Å². The predicted molar refractivity (Wildman–Crippen MR) is 93.9 cm³/mol. The summed E-state index contributed by atoms with van der Waals surface area (Å²) in [5.74, 6) is -0.418. The van der Waals surface area contributed by atoms with Gasteiger partial charge in [0, 0.05) is 16.4 Å². The van der Waals surface area contributed by atoms with Gasteiger partial charge in [-0.1, -0.05) is 20.8 Å². The van der Waals surface area contributed by atoms with Gasteiger partial charge in [0.1, 0.15) is 10.8 Å². The van der Waals surface area contributed by atoms with Crippen LogP contribution in [-0.2, 0) is 15.0 Å². The summed E-state index contributed by atoms with van der Waals surface area (Å²) in [4.78, 5) is 26.7. The zero-order valence-corrected chi connectivity index (χ0v) is 14.8. The van der Waals surface area contributed by atoms with E-state index in [2.05, 4.69) is 36.5 Å². The Morgan fingerprint density at radius 3 is 2.46 bits per heavy atom. The van der Waals surface area contributed by atoms with Crippen molar-refractivity contribution in [3.05, 3.63) is 35.3 Å². The first-order valence-corrected chi connectivity index (χ1v) is 8.38. The van der Waals surface area contributed by atoms with Crippen molar-refractivity contribution in [3.8, 4) is 16.3 Å². The van der Waals surface area contributed by atoms with Gasteiger partial charge in [-0.2, -0.15) is 0 Å². The van der Waals surface area contributed by atoms with Crippen molar-refractivity contribution < 1.29 is 14.3 Å². The number of carbonyl (C=O) groups excluding carboxylic acids is 2. The summed E-state index contributed by atoms with van der Waals surface area (Å²) in [6, 6.07) is 7.38. The average molecular weight is 347 g/mol. The standard InChI is InChI=1S/C17H21N3O3S/c1-17(2,3)13-10-24-16(20-13)11-4-6-12(7-5-11)23-9-15(22)19-8-14(18)21/h4-7,10H,8-9H2,1-3H3,(H2,18,21)(H,19,22). The van der Waals surface area contributed by atoms with Crippen LogP contribution < -0.4 is 15.8 Å². The zero-order chi connectivity index (χ0) is 17.7. The van der Waals surface area contributed by atoms with E-state index in [0.717, 1.165) is 16.3 Å². The molecule has 0 aliphatic heterocycles. The van der Waals surface area contributed by atoms with Crippen molar-refractivity contribution in [2.45, 2.75) is 26.2 Å². The second-order valence-electron chi connectivity index (χ2n) is 6.34. The van der Waals surface area contributed by atoms with Crippen LogP contribution in [-0.4, -0.2) is 29.9 Å². The van der Waals surface area contributed by atoms with E-state index in [1.165, 1.54) is 0 Å². The maximum atomic E-state index is 11.5. The molecule has 0 fully saturated rings. The minimum atomic E-state index is -0.592. The first kappa shape index (κ1) is 17.9. The number of ether oxygens (including phenoxy) is 1. The van der Waals surface area contributed by atoms with Crippen molar-refractivity contribution in [3.63, 3.8) is 0 Å². The number of primary amides is 1. The average Bonchev–Trinajstić information content (AvgIpc) is 3.01. The minimum Gasteiger partial charge on any atom is -0.484 e. The smallest absolute Gasteiger partial charge is 0.258 e. The Bertz CT molecular complexity index is 717. The number of hydrogen-bond donors (Lipinski definition) is 2. The molecule has 0 unspecified atom stereocenters. The highest BCUT2D eigenvalue weighted by molar-refractivity contribution is 7.13. The van der Waals surface area contributed by atoms with Crippen LogP contribution in [0.4, 0.5) is 0 Å². The lowest BCUT2D eigenvalue weighted by atomic mass is 9.93. The molecule has 0 aliphatic carbocycles. The summed E-state index contributed by atoms with van der Waals surface area (Å²) >= 11 is 1.60. The second-order valence-corrected chi connectivity index (χ2v) is 7.20. The molecule has 1 aromatic heterocycles. The first-order chi connectivity index (χ1) is 11.3. The molecule has 3 N–H and O–H groups in total. The van der Waals surface area contributed by atoms with Gasteiger partial charge in [0.05, 0.1) is 12.2 Å².